The topological polar surface area (TPSA) is 34.6 Å². The number of aromatic nitrogens is 1. The predicted octanol–water partition coefficient (Wildman–Crippen LogP) is 2.95. The minimum atomic E-state index is 0.0921. The normalized spacial score (nSPS) is 28.5. The number of nitrogens with zero attached hydrogens (tertiary/aromatic N) is 2. The maximum Gasteiger partial charge on any atom is 0.139 e. The fourth-order valence-electron chi connectivity index (χ4n) is 3.48. The molecule has 0 bridgehead atoms. The molecule has 0 N–H and O–H groups in total. The highest BCUT2D eigenvalue weighted by Gasteiger charge is 2.45. The van der Waals surface area contributed by atoms with E-state index in [0.717, 1.165) is 31.9 Å². The molecule has 0 amide bonds. The van der Waals surface area contributed by atoms with Gasteiger partial charge < -0.3 is 9.47 Å². The average molecular weight is 316 g/mol. The highest BCUT2D eigenvalue weighted by atomic mass is 32.1. The van der Waals surface area contributed by atoms with Crippen molar-refractivity contribution in [3.63, 3.8) is 0 Å². The fraction of sp³-hybridized carbons (Fsp3) is 0.471. The number of pyridine rings is 1. The van der Waals surface area contributed by atoms with E-state index in [4.69, 9.17) is 9.47 Å². The van der Waals surface area contributed by atoms with Gasteiger partial charge in [0.25, 0.3) is 0 Å². The summed E-state index contributed by atoms with van der Waals surface area (Å²) in [5, 5.41) is 2.14. The predicted molar refractivity (Wildman–Crippen MR) is 86.1 cm³/mol. The van der Waals surface area contributed by atoms with Crippen LogP contribution in [0.15, 0.2) is 42.0 Å². The summed E-state index contributed by atoms with van der Waals surface area (Å²) < 4.78 is 12.2. The standard InChI is InChI=1S/C17H20N2O2S/c1-4-13(10-18-7-1)21-16-12-19(11-14-5-3-9-22-14)15-6-2-8-20-17(15)16/h1,3-5,7,9-10,15-17H,2,6,8,11-12H2/t15-,16+,17+/m0/s1. The molecule has 0 saturated carbocycles. The Morgan fingerprint density at radius 1 is 1.36 bits per heavy atom. The minimum Gasteiger partial charge on any atom is -0.485 e. The van der Waals surface area contributed by atoms with Gasteiger partial charge in [-0.05, 0) is 36.4 Å². The van der Waals surface area contributed by atoms with Gasteiger partial charge in [-0.3, -0.25) is 9.88 Å². The summed E-state index contributed by atoms with van der Waals surface area (Å²) in [6.07, 6.45) is 6.15. The summed E-state index contributed by atoms with van der Waals surface area (Å²) in [6, 6.07) is 8.67. The lowest BCUT2D eigenvalue weighted by Crippen LogP contribution is -2.42. The second-order valence-electron chi connectivity index (χ2n) is 5.90. The summed E-state index contributed by atoms with van der Waals surface area (Å²) in [5.74, 6) is 0.832. The molecule has 4 nitrogen and oxygen atoms in total. The van der Waals surface area contributed by atoms with Crippen LogP contribution in [0.2, 0.25) is 0 Å². The largest absolute Gasteiger partial charge is 0.485 e. The van der Waals surface area contributed by atoms with Crippen molar-refractivity contribution in [2.24, 2.45) is 0 Å². The van der Waals surface area contributed by atoms with E-state index in [1.54, 1.807) is 12.4 Å². The van der Waals surface area contributed by atoms with E-state index in [0.29, 0.717) is 6.04 Å². The summed E-state index contributed by atoms with van der Waals surface area (Å²) in [6.45, 7) is 2.76. The Morgan fingerprint density at radius 3 is 3.18 bits per heavy atom. The van der Waals surface area contributed by atoms with Gasteiger partial charge in [-0.2, -0.15) is 0 Å². The van der Waals surface area contributed by atoms with Crippen LogP contribution in [0.4, 0.5) is 0 Å². The van der Waals surface area contributed by atoms with Crippen LogP contribution < -0.4 is 4.74 Å². The second-order valence-corrected chi connectivity index (χ2v) is 6.93. The van der Waals surface area contributed by atoms with Crippen molar-refractivity contribution >= 4 is 11.3 Å². The van der Waals surface area contributed by atoms with Crippen LogP contribution in [0.3, 0.4) is 0 Å². The zero-order chi connectivity index (χ0) is 14.8. The van der Waals surface area contributed by atoms with E-state index in [1.165, 1.54) is 11.3 Å². The van der Waals surface area contributed by atoms with Crippen molar-refractivity contribution in [1.29, 1.82) is 0 Å². The molecule has 4 rings (SSSR count). The van der Waals surface area contributed by atoms with Crippen molar-refractivity contribution in [3.8, 4) is 5.75 Å². The average Bonchev–Trinajstić information content (AvgIpc) is 3.18. The molecule has 0 radical (unpaired) electrons. The molecular formula is C17H20N2O2S. The lowest BCUT2D eigenvalue weighted by atomic mass is 10.0. The van der Waals surface area contributed by atoms with Crippen LogP contribution in [-0.2, 0) is 11.3 Å². The van der Waals surface area contributed by atoms with Gasteiger partial charge in [0.1, 0.15) is 18.0 Å². The van der Waals surface area contributed by atoms with Gasteiger partial charge in [-0.1, -0.05) is 6.07 Å². The molecule has 0 aliphatic carbocycles. The van der Waals surface area contributed by atoms with Gasteiger partial charge in [-0.25, -0.2) is 0 Å². The quantitative estimate of drug-likeness (QED) is 0.868. The molecule has 0 unspecified atom stereocenters. The highest BCUT2D eigenvalue weighted by molar-refractivity contribution is 7.09. The SMILES string of the molecule is c1cncc(O[C@@H]2CN(Cc3cccs3)[C@H]3CCCO[C@@H]23)c1. The van der Waals surface area contributed by atoms with Crippen LogP contribution in [0.25, 0.3) is 0 Å². The number of likely N-dealkylation sites (tertiary alicyclic amines) is 1. The maximum atomic E-state index is 6.17. The van der Waals surface area contributed by atoms with E-state index in [1.807, 2.05) is 23.5 Å². The van der Waals surface area contributed by atoms with Crippen molar-refractivity contribution in [2.75, 3.05) is 13.2 Å². The van der Waals surface area contributed by atoms with E-state index in [2.05, 4.69) is 27.4 Å². The first-order valence-electron chi connectivity index (χ1n) is 7.85. The van der Waals surface area contributed by atoms with Crippen LogP contribution in [0, 0.1) is 0 Å². The number of thiophene rings is 1. The Hall–Kier alpha value is -1.43. The van der Waals surface area contributed by atoms with Gasteiger partial charge in [0.15, 0.2) is 0 Å². The summed E-state index contributed by atoms with van der Waals surface area (Å²) >= 11 is 1.82. The molecule has 0 aromatic carbocycles. The van der Waals surface area contributed by atoms with Gasteiger partial charge in [0, 0.05) is 36.8 Å². The van der Waals surface area contributed by atoms with Crippen molar-refractivity contribution in [3.05, 3.63) is 46.9 Å². The molecular weight excluding hydrogens is 296 g/mol. The number of hydrogen-bond donors (Lipinski definition) is 0. The molecule has 2 aromatic rings. The molecule has 3 atom stereocenters. The Labute approximate surface area is 134 Å². The first-order chi connectivity index (χ1) is 10.9. The Morgan fingerprint density at radius 2 is 2.36 bits per heavy atom. The summed E-state index contributed by atoms with van der Waals surface area (Å²) in [7, 11) is 0. The van der Waals surface area contributed by atoms with Crippen LogP contribution >= 0.6 is 11.3 Å². The lowest BCUT2D eigenvalue weighted by molar-refractivity contribution is -0.0471. The first kappa shape index (κ1) is 14.2. The molecule has 2 aliphatic rings. The molecule has 4 heterocycles. The van der Waals surface area contributed by atoms with Gasteiger partial charge >= 0.3 is 0 Å². The van der Waals surface area contributed by atoms with Gasteiger partial charge in [-0.15, -0.1) is 11.3 Å². The molecule has 2 saturated heterocycles. The molecule has 22 heavy (non-hydrogen) atoms. The number of rotatable bonds is 4. The van der Waals surface area contributed by atoms with Crippen LogP contribution in [0.5, 0.6) is 5.75 Å². The molecule has 2 aromatic heterocycles. The number of ether oxygens (including phenoxy) is 2. The van der Waals surface area contributed by atoms with Crippen LogP contribution in [-0.4, -0.2) is 41.3 Å². The van der Waals surface area contributed by atoms with E-state index in [9.17, 15) is 0 Å². The maximum absolute atomic E-state index is 6.17. The Bertz CT molecular complexity index is 590. The molecule has 116 valence electrons. The fourth-order valence-corrected chi connectivity index (χ4v) is 4.21. The van der Waals surface area contributed by atoms with Crippen molar-refractivity contribution in [1.82, 2.24) is 9.88 Å². The summed E-state index contributed by atoms with van der Waals surface area (Å²) in [5.41, 5.74) is 0. The Kier molecular flexibility index (Phi) is 4.10. The smallest absolute Gasteiger partial charge is 0.139 e. The molecule has 5 heteroatoms. The first-order valence-corrected chi connectivity index (χ1v) is 8.73. The van der Waals surface area contributed by atoms with Gasteiger partial charge in [0.2, 0.25) is 0 Å². The third-order valence-corrected chi connectivity index (χ3v) is 5.31. The third kappa shape index (κ3) is 2.89. The van der Waals surface area contributed by atoms with E-state index in [-0.39, 0.29) is 12.2 Å². The molecule has 2 fully saturated rings. The van der Waals surface area contributed by atoms with E-state index >= 15 is 0 Å². The number of fused-ring (bicyclic) bond motifs is 1. The molecule has 2 aliphatic heterocycles. The minimum absolute atomic E-state index is 0.0921. The number of hydrogen-bond acceptors (Lipinski definition) is 5. The summed E-state index contributed by atoms with van der Waals surface area (Å²) in [4.78, 5) is 8.07. The zero-order valence-electron chi connectivity index (χ0n) is 12.4. The lowest BCUT2D eigenvalue weighted by Gasteiger charge is -2.32. The van der Waals surface area contributed by atoms with Crippen molar-refractivity contribution < 1.29 is 9.47 Å². The monoisotopic (exact) mass is 316 g/mol. The second kappa shape index (κ2) is 6.36. The highest BCUT2D eigenvalue weighted by Crippen LogP contribution is 2.32. The Balaban J connectivity index is 1.50. The van der Waals surface area contributed by atoms with Gasteiger partial charge in [0.05, 0.1) is 6.20 Å². The van der Waals surface area contributed by atoms with Crippen LogP contribution in [0.1, 0.15) is 17.7 Å². The zero-order valence-corrected chi connectivity index (χ0v) is 13.2. The van der Waals surface area contributed by atoms with Crippen molar-refractivity contribution in [2.45, 2.75) is 37.6 Å². The molecule has 0 spiro atoms. The van der Waals surface area contributed by atoms with E-state index < -0.39 is 0 Å². The third-order valence-electron chi connectivity index (χ3n) is 4.44.